The van der Waals surface area contributed by atoms with Gasteiger partial charge in [-0.3, -0.25) is 4.79 Å². The van der Waals surface area contributed by atoms with Crippen LogP contribution < -0.4 is 18.1 Å². The first-order chi connectivity index (χ1) is 12.3. The zero-order valence-corrected chi connectivity index (χ0v) is 19.5. The minimum absolute atomic E-state index is 0. The van der Waals surface area contributed by atoms with Crippen LogP contribution in [0.1, 0.15) is 103 Å². The lowest BCUT2D eigenvalue weighted by Crippen LogP contribution is -3.00. The van der Waals surface area contributed by atoms with E-state index in [1.165, 1.54) is 77.0 Å². The molecule has 4 nitrogen and oxygen atoms in total. The van der Waals surface area contributed by atoms with E-state index in [2.05, 4.69) is 28.1 Å². The number of primary amides is 1. The summed E-state index contributed by atoms with van der Waals surface area (Å²) in [6.45, 7) is 3.63. The Morgan fingerprint density at radius 3 is 1.37 bits per heavy atom. The molecule has 0 aliphatic carbocycles. The summed E-state index contributed by atoms with van der Waals surface area (Å²) in [5.74, 6) is -0.155. The number of hydrogen-bond donors (Lipinski definition) is 2. The number of carbonyl (C=O) groups is 1. The summed E-state index contributed by atoms with van der Waals surface area (Å²) in [7, 11) is 6.36. The number of halogens is 1. The minimum atomic E-state index is -0.155. The SMILES string of the molecule is CCCCCCCCCCCCCCCC(N)=O.C[N+](C)(C)CCCO.[Cl-]. The Labute approximate surface area is 176 Å². The maximum Gasteiger partial charge on any atom is 0.217 e. The van der Waals surface area contributed by atoms with Crippen LogP contribution in [0.5, 0.6) is 0 Å². The lowest BCUT2D eigenvalue weighted by molar-refractivity contribution is -0.870. The first kappa shape index (κ1) is 31.4. The van der Waals surface area contributed by atoms with E-state index in [-0.39, 0.29) is 18.3 Å². The molecule has 0 bridgehead atoms. The van der Waals surface area contributed by atoms with Crippen molar-refractivity contribution in [3.05, 3.63) is 0 Å². The van der Waals surface area contributed by atoms with E-state index in [1.54, 1.807) is 0 Å². The maximum atomic E-state index is 10.5. The highest BCUT2D eigenvalue weighted by atomic mass is 35.5. The van der Waals surface area contributed by atoms with Gasteiger partial charge in [-0.05, 0) is 6.42 Å². The van der Waals surface area contributed by atoms with E-state index in [0.29, 0.717) is 13.0 Å². The maximum absolute atomic E-state index is 10.5. The molecule has 0 aromatic carbocycles. The number of hydrogen-bond acceptors (Lipinski definition) is 2. The molecular weight excluding hydrogens is 360 g/mol. The number of amides is 1. The number of nitrogens with two attached hydrogens (primary N) is 1. The van der Waals surface area contributed by atoms with Crippen molar-refractivity contribution >= 4 is 5.91 Å². The van der Waals surface area contributed by atoms with E-state index in [9.17, 15) is 4.79 Å². The lowest BCUT2D eigenvalue weighted by Gasteiger charge is -2.22. The first-order valence-electron chi connectivity index (χ1n) is 11.0. The van der Waals surface area contributed by atoms with Gasteiger partial charge in [0.25, 0.3) is 0 Å². The van der Waals surface area contributed by atoms with E-state index in [0.717, 1.165) is 23.9 Å². The highest BCUT2D eigenvalue weighted by Gasteiger charge is 2.03. The van der Waals surface area contributed by atoms with Crippen LogP contribution in [0.15, 0.2) is 0 Å². The average Bonchev–Trinajstić information content (AvgIpc) is 2.57. The lowest BCUT2D eigenvalue weighted by atomic mass is 10.0. The van der Waals surface area contributed by atoms with Crippen molar-refractivity contribution in [1.29, 1.82) is 0 Å². The number of carbonyl (C=O) groups excluding carboxylic acids is 1. The molecule has 0 rings (SSSR count). The number of rotatable bonds is 17. The summed E-state index contributed by atoms with van der Waals surface area (Å²) < 4.78 is 0.945. The van der Waals surface area contributed by atoms with Crippen LogP contribution in [0, 0.1) is 0 Å². The van der Waals surface area contributed by atoms with Gasteiger partial charge >= 0.3 is 0 Å². The molecule has 0 spiro atoms. The molecule has 0 aliphatic rings. The summed E-state index contributed by atoms with van der Waals surface area (Å²) in [5.41, 5.74) is 5.09. The third-order valence-electron chi connectivity index (χ3n) is 4.51. The molecule has 0 atom stereocenters. The van der Waals surface area contributed by atoms with E-state index >= 15 is 0 Å². The zero-order valence-electron chi connectivity index (χ0n) is 18.8. The molecule has 0 fully saturated rings. The first-order valence-corrected chi connectivity index (χ1v) is 11.0. The smallest absolute Gasteiger partial charge is 0.217 e. The van der Waals surface area contributed by atoms with Crippen molar-refractivity contribution in [1.82, 2.24) is 0 Å². The van der Waals surface area contributed by atoms with Crippen molar-refractivity contribution in [2.45, 2.75) is 103 Å². The van der Waals surface area contributed by atoms with Crippen molar-refractivity contribution in [3.63, 3.8) is 0 Å². The Balaban J connectivity index is -0.000000542. The minimum Gasteiger partial charge on any atom is -1.00 e. The van der Waals surface area contributed by atoms with E-state index in [1.807, 2.05) is 0 Å². The molecule has 0 saturated heterocycles. The molecule has 0 saturated carbocycles. The van der Waals surface area contributed by atoms with Gasteiger partial charge in [-0.25, -0.2) is 0 Å². The summed E-state index contributed by atoms with van der Waals surface area (Å²) in [5, 5.41) is 8.42. The van der Waals surface area contributed by atoms with E-state index in [4.69, 9.17) is 10.8 Å². The van der Waals surface area contributed by atoms with Crippen molar-refractivity contribution in [2.24, 2.45) is 5.73 Å². The Morgan fingerprint density at radius 1 is 0.741 bits per heavy atom. The van der Waals surface area contributed by atoms with Crippen molar-refractivity contribution in [2.75, 3.05) is 34.3 Å². The monoisotopic (exact) mass is 408 g/mol. The second-order valence-electron chi connectivity index (χ2n) is 8.55. The quantitative estimate of drug-likeness (QED) is 0.285. The fourth-order valence-electron chi connectivity index (χ4n) is 2.86. The van der Waals surface area contributed by atoms with Crippen LogP contribution >= 0.6 is 0 Å². The molecule has 3 N–H and O–H groups in total. The van der Waals surface area contributed by atoms with Gasteiger partial charge < -0.3 is 27.7 Å². The van der Waals surface area contributed by atoms with E-state index < -0.39 is 0 Å². The predicted octanol–water partition coefficient (Wildman–Crippen LogP) is 2.03. The predicted molar refractivity (Wildman–Crippen MR) is 114 cm³/mol. The molecule has 5 heteroatoms. The molecular formula is C22H49ClN2O2. The third-order valence-corrected chi connectivity index (χ3v) is 4.51. The Bertz CT molecular complexity index is 295. The van der Waals surface area contributed by atoms with Gasteiger partial charge in [-0.15, -0.1) is 0 Å². The number of nitrogens with zero attached hydrogens (tertiary/aromatic N) is 1. The Hall–Kier alpha value is -0.320. The highest BCUT2D eigenvalue weighted by molar-refractivity contribution is 5.73. The standard InChI is InChI=1S/C16H33NO.C6H16NO.ClH/c1-2-3-4-5-6-7-8-9-10-11-12-13-14-15-16(17)18;1-7(2,3)5-4-6-8;/h2-15H2,1H3,(H2,17,18);8H,4-6H2,1-3H3;1H/q;+1;/p-1. The molecule has 0 heterocycles. The molecule has 0 aromatic rings. The van der Waals surface area contributed by atoms with Gasteiger partial charge in [-0.1, -0.05) is 84.0 Å². The summed E-state index contributed by atoms with van der Waals surface area (Å²) >= 11 is 0. The van der Waals surface area contributed by atoms with Crippen LogP contribution in [-0.2, 0) is 4.79 Å². The largest absolute Gasteiger partial charge is 1.00 e. The average molecular weight is 409 g/mol. The highest BCUT2D eigenvalue weighted by Crippen LogP contribution is 2.12. The molecule has 27 heavy (non-hydrogen) atoms. The zero-order chi connectivity index (χ0) is 20.1. The fourth-order valence-corrected chi connectivity index (χ4v) is 2.86. The molecule has 0 aliphatic heterocycles. The second kappa shape index (κ2) is 23.7. The van der Waals surface area contributed by atoms with Gasteiger partial charge in [0, 0.05) is 19.4 Å². The summed E-state index contributed by atoms with van der Waals surface area (Å²) in [6.07, 6.45) is 18.8. The number of aliphatic hydroxyl groups is 1. The van der Waals surface area contributed by atoms with Crippen molar-refractivity contribution < 1.29 is 26.8 Å². The topological polar surface area (TPSA) is 63.3 Å². The van der Waals surface area contributed by atoms with Gasteiger partial charge in [0.05, 0.1) is 27.7 Å². The van der Waals surface area contributed by atoms with Gasteiger partial charge in [0.2, 0.25) is 5.91 Å². The van der Waals surface area contributed by atoms with Crippen LogP contribution in [0.25, 0.3) is 0 Å². The fraction of sp³-hybridized carbons (Fsp3) is 0.955. The van der Waals surface area contributed by atoms with Gasteiger partial charge in [0.1, 0.15) is 0 Å². The number of unbranched alkanes of at least 4 members (excludes halogenated alkanes) is 12. The normalized spacial score (nSPS) is 10.7. The Kier molecular flexibility index (Phi) is 27.6. The third kappa shape index (κ3) is 37.2. The van der Waals surface area contributed by atoms with Crippen LogP contribution in [-0.4, -0.2) is 49.8 Å². The molecule has 0 unspecified atom stereocenters. The van der Waals surface area contributed by atoms with Crippen LogP contribution in [0.2, 0.25) is 0 Å². The van der Waals surface area contributed by atoms with Crippen LogP contribution in [0.3, 0.4) is 0 Å². The van der Waals surface area contributed by atoms with Crippen molar-refractivity contribution in [3.8, 4) is 0 Å². The summed E-state index contributed by atoms with van der Waals surface area (Å²) in [6, 6.07) is 0. The summed E-state index contributed by atoms with van der Waals surface area (Å²) in [4.78, 5) is 10.5. The molecule has 0 radical (unpaired) electrons. The number of quaternary nitrogens is 1. The van der Waals surface area contributed by atoms with Crippen LogP contribution in [0.4, 0.5) is 0 Å². The van der Waals surface area contributed by atoms with Gasteiger partial charge in [-0.2, -0.15) is 0 Å². The molecule has 166 valence electrons. The second-order valence-corrected chi connectivity index (χ2v) is 8.55. The number of aliphatic hydroxyl groups excluding tert-OH is 1. The molecule has 1 amide bonds. The van der Waals surface area contributed by atoms with Gasteiger partial charge in [0.15, 0.2) is 0 Å². The Morgan fingerprint density at radius 2 is 1.11 bits per heavy atom. The molecule has 0 aromatic heterocycles.